The molecule has 0 spiro atoms. The predicted molar refractivity (Wildman–Crippen MR) is 137 cm³/mol. The van der Waals surface area contributed by atoms with Crippen molar-refractivity contribution in [1.29, 1.82) is 0 Å². The lowest BCUT2D eigenvalue weighted by Crippen LogP contribution is -2.33. The molecule has 19 heteroatoms. The van der Waals surface area contributed by atoms with Crippen molar-refractivity contribution in [2.24, 2.45) is 10.2 Å². The van der Waals surface area contributed by atoms with Crippen molar-refractivity contribution < 1.29 is 29.3 Å². The minimum atomic E-state index is -0.838. The lowest BCUT2D eigenvalue weighted by Gasteiger charge is -2.14. The lowest BCUT2D eigenvalue weighted by molar-refractivity contribution is -0.394. The van der Waals surface area contributed by atoms with Crippen LogP contribution in [0.15, 0.2) is 46.6 Å². The average molecular weight is 562 g/mol. The third-order valence-electron chi connectivity index (χ3n) is 4.75. The van der Waals surface area contributed by atoms with Crippen molar-refractivity contribution in [3.63, 3.8) is 0 Å². The summed E-state index contributed by atoms with van der Waals surface area (Å²) in [5, 5.41) is 49.5. The van der Waals surface area contributed by atoms with Gasteiger partial charge in [0, 0.05) is 12.1 Å². The minimum Gasteiger partial charge on any atom is -0.272 e. The van der Waals surface area contributed by atoms with Gasteiger partial charge in [0.15, 0.2) is 0 Å². The summed E-state index contributed by atoms with van der Waals surface area (Å²) in [7, 11) is 0. The molecule has 2 unspecified atom stereocenters. The van der Waals surface area contributed by atoms with E-state index in [1.165, 1.54) is 13.8 Å². The first kappa shape index (κ1) is 29.9. The van der Waals surface area contributed by atoms with E-state index in [2.05, 4.69) is 21.1 Å². The van der Waals surface area contributed by atoms with Gasteiger partial charge >= 0.3 is 0 Å². The average Bonchev–Trinajstić information content (AvgIpc) is 2.88. The fourth-order valence-corrected chi connectivity index (χ4v) is 3.73. The van der Waals surface area contributed by atoms with Gasteiger partial charge in [-0.15, -0.1) is 11.8 Å². The molecular formula is C20H18N8O10S. The Morgan fingerprint density at radius 2 is 1.08 bits per heavy atom. The summed E-state index contributed by atoms with van der Waals surface area (Å²) in [5.74, 6) is -1.32. The van der Waals surface area contributed by atoms with Gasteiger partial charge in [0.05, 0.1) is 65.9 Å². The highest BCUT2D eigenvalue weighted by atomic mass is 32.2. The number of thioether (sulfide) groups is 1. The summed E-state index contributed by atoms with van der Waals surface area (Å²) in [6, 6.07) is 5.79. The zero-order chi connectivity index (χ0) is 29.3. The predicted octanol–water partition coefficient (Wildman–Crippen LogP) is 2.43. The SMILES string of the molecule is CC(SC(C)C(=O)N/N=C\c1ccc([N+](=O)[O-])cc1[N+](=O)[O-])C(=O)NN=Cc1ccc([N+](=O)[O-])cc1[N+](=O)[O-]. The topological polar surface area (TPSA) is 255 Å². The molecule has 0 fully saturated rings. The van der Waals surface area contributed by atoms with Gasteiger partial charge in [-0.2, -0.15) is 10.2 Å². The van der Waals surface area contributed by atoms with Crippen molar-refractivity contribution in [1.82, 2.24) is 10.9 Å². The Hall–Kier alpha value is -5.33. The largest absolute Gasteiger partial charge is 0.285 e. The number of nitrogens with one attached hydrogen (secondary N) is 2. The number of carbonyl (C=O) groups excluding carboxylic acids is 2. The molecule has 0 saturated carbocycles. The number of carbonyl (C=O) groups is 2. The number of nitro benzene ring substituents is 4. The molecule has 0 aromatic heterocycles. The quantitative estimate of drug-likeness (QED) is 0.215. The van der Waals surface area contributed by atoms with E-state index in [9.17, 15) is 50.0 Å². The van der Waals surface area contributed by atoms with Crippen LogP contribution in [0.3, 0.4) is 0 Å². The van der Waals surface area contributed by atoms with E-state index >= 15 is 0 Å². The van der Waals surface area contributed by atoms with Gasteiger partial charge in [-0.25, -0.2) is 10.9 Å². The molecule has 2 amide bonds. The molecule has 2 rings (SSSR count). The maximum absolute atomic E-state index is 12.3. The van der Waals surface area contributed by atoms with Crippen molar-refractivity contribution in [2.45, 2.75) is 24.3 Å². The fourth-order valence-electron chi connectivity index (χ4n) is 2.77. The Balaban J connectivity index is 1.96. The molecule has 18 nitrogen and oxygen atoms in total. The molecule has 0 radical (unpaired) electrons. The van der Waals surface area contributed by atoms with E-state index in [0.29, 0.717) is 0 Å². The number of non-ortho nitro benzene ring substituents is 2. The Labute approximate surface area is 221 Å². The fraction of sp³-hybridized carbons (Fsp3) is 0.200. The van der Waals surface area contributed by atoms with Gasteiger partial charge in [-0.05, 0) is 26.0 Å². The normalized spacial score (nSPS) is 12.6. The van der Waals surface area contributed by atoms with E-state index < -0.39 is 64.8 Å². The monoisotopic (exact) mass is 562 g/mol. The van der Waals surface area contributed by atoms with Crippen LogP contribution in [0.1, 0.15) is 25.0 Å². The number of hydrogen-bond acceptors (Lipinski definition) is 13. The maximum atomic E-state index is 12.3. The molecule has 0 aliphatic rings. The summed E-state index contributed by atoms with van der Waals surface area (Å²) in [6.45, 7) is 2.91. The molecule has 0 saturated heterocycles. The zero-order valence-electron chi connectivity index (χ0n) is 19.9. The van der Waals surface area contributed by atoms with Gasteiger partial charge in [0.1, 0.15) is 0 Å². The summed E-state index contributed by atoms with van der Waals surface area (Å²) >= 11 is 0.896. The van der Waals surface area contributed by atoms with Crippen LogP contribution in [-0.4, -0.2) is 54.4 Å². The van der Waals surface area contributed by atoms with Gasteiger partial charge < -0.3 is 0 Å². The van der Waals surface area contributed by atoms with Crippen LogP contribution >= 0.6 is 11.8 Å². The second-order valence-corrected chi connectivity index (χ2v) is 9.09. The molecule has 39 heavy (non-hydrogen) atoms. The van der Waals surface area contributed by atoms with Crippen LogP contribution in [0.5, 0.6) is 0 Å². The van der Waals surface area contributed by atoms with E-state index in [1.54, 1.807) is 0 Å². The number of amides is 2. The number of hydrogen-bond donors (Lipinski definition) is 2. The van der Waals surface area contributed by atoms with Gasteiger partial charge in [-0.3, -0.25) is 50.0 Å². The van der Waals surface area contributed by atoms with E-state index in [4.69, 9.17) is 0 Å². The van der Waals surface area contributed by atoms with Crippen LogP contribution in [-0.2, 0) is 9.59 Å². The number of hydrazone groups is 2. The molecular weight excluding hydrogens is 544 g/mol. The van der Waals surface area contributed by atoms with Crippen molar-refractivity contribution in [2.75, 3.05) is 0 Å². The van der Waals surface area contributed by atoms with Gasteiger partial charge in [0.25, 0.3) is 34.6 Å². The van der Waals surface area contributed by atoms with E-state index in [-0.39, 0.29) is 11.1 Å². The van der Waals surface area contributed by atoms with Crippen molar-refractivity contribution in [3.05, 3.63) is 88.0 Å². The Kier molecular flexibility index (Phi) is 10.2. The number of rotatable bonds is 12. The van der Waals surface area contributed by atoms with Crippen LogP contribution in [0.4, 0.5) is 22.7 Å². The third kappa shape index (κ3) is 8.35. The number of nitro groups is 4. The lowest BCUT2D eigenvalue weighted by atomic mass is 10.2. The Morgan fingerprint density at radius 3 is 1.38 bits per heavy atom. The first-order chi connectivity index (χ1) is 18.3. The van der Waals surface area contributed by atoms with E-state index in [1.807, 2.05) is 0 Å². The smallest absolute Gasteiger partial charge is 0.272 e. The first-order valence-corrected chi connectivity index (χ1v) is 11.4. The second-order valence-electron chi connectivity index (χ2n) is 7.40. The third-order valence-corrected chi connectivity index (χ3v) is 5.99. The number of nitrogens with zero attached hydrogens (tertiary/aromatic N) is 6. The highest BCUT2D eigenvalue weighted by Crippen LogP contribution is 2.24. The molecule has 2 aromatic rings. The Bertz CT molecular complexity index is 1290. The molecule has 0 aliphatic heterocycles. The van der Waals surface area contributed by atoms with Crippen LogP contribution < -0.4 is 10.9 Å². The molecule has 0 aliphatic carbocycles. The van der Waals surface area contributed by atoms with Crippen LogP contribution in [0.25, 0.3) is 0 Å². The summed E-state index contributed by atoms with van der Waals surface area (Å²) in [5.41, 5.74) is 1.96. The minimum absolute atomic E-state index is 0.0925. The second kappa shape index (κ2) is 13.3. The number of benzene rings is 2. The molecule has 0 heterocycles. The van der Waals surface area contributed by atoms with Gasteiger partial charge in [0.2, 0.25) is 0 Å². The van der Waals surface area contributed by atoms with Crippen LogP contribution in [0.2, 0.25) is 0 Å². The first-order valence-electron chi connectivity index (χ1n) is 10.5. The van der Waals surface area contributed by atoms with Crippen molar-refractivity contribution >= 4 is 58.8 Å². The molecule has 204 valence electrons. The van der Waals surface area contributed by atoms with Crippen molar-refractivity contribution in [3.8, 4) is 0 Å². The molecule has 2 N–H and O–H groups in total. The van der Waals surface area contributed by atoms with Crippen LogP contribution in [0, 0.1) is 40.5 Å². The molecule has 0 bridgehead atoms. The van der Waals surface area contributed by atoms with Gasteiger partial charge in [-0.1, -0.05) is 0 Å². The van der Waals surface area contributed by atoms with E-state index in [0.717, 1.165) is 60.6 Å². The molecule has 2 aromatic carbocycles. The summed E-state index contributed by atoms with van der Waals surface area (Å²) < 4.78 is 0. The maximum Gasteiger partial charge on any atom is 0.285 e. The Morgan fingerprint density at radius 1 is 0.718 bits per heavy atom. The molecule has 2 atom stereocenters. The summed E-state index contributed by atoms with van der Waals surface area (Å²) in [4.78, 5) is 65.2. The highest BCUT2D eigenvalue weighted by molar-refractivity contribution is 8.01. The highest BCUT2D eigenvalue weighted by Gasteiger charge is 2.23. The zero-order valence-corrected chi connectivity index (χ0v) is 20.8. The summed E-state index contributed by atoms with van der Waals surface area (Å²) in [6.07, 6.45) is 1.89. The standard InChI is InChI=1S/C20H18N8O10S/c1-11(19(29)23-21-9-13-3-5-15(25(31)32)7-17(13)27(35)36)39-12(2)20(30)24-22-10-14-4-6-16(26(33)34)8-18(14)28(37)38/h3-12H,1-2H3,(H,23,29)(H,24,30)/b21-9-,22-10?.